The number of nitrogens with zero attached hydrogens (tertiary/aromatic N) is 1. The summed E-state index contributed by atoms with van der Waals surface area (Å²) in [6, 6.07) is 0. The highest BCUT2D eigenvalue weighted by Crippen LogP contribution is 2.13. The Morgan fingerprint density at radius 3 is 2.14 bits per heavy atom. The minimum absolute atomic E-state index is 0.693. The molecule has 0 aromatic carbocycles. The van der Waals surface area contributed by atoms with Crippen molar-refractivity contribution in [3.63, 3.8) is 0 Å². The minimum atomic E-state index is -5.08. The van der Waals surface area contributed by atoms with Crippen molar-refractivity contribution < 1.29 is 32.7 Å². The van der Waals surface area contributed by atoms with E-state index in [2.05, 4.69) is 0 Å². The van der Waals surface area contributed by atoms with E-state index in [-0.39, 0.29) is 0 Å². The Kier molecular flexibility index (Phi) is 4.92. The first-order valence-electron chi connectivity index (χ1n) is 3.53. The number of carboxylic acid groups (broad SMARTS) is 1. The van der Waals surface area contributed by atoms with Crippen molar-refractivity contribution in [3.05, 3.63) is 0 Å². The van der Waals surface area contributed by atoms with Gasteiger partial charge in [-0.25, -0.2) is 9.86 Å². The van der Waals surface area contributed by atoms with Gasteiger partial charge >= 0.3 is 12.1 Å². The number of carbonyl (C=O) groups excluding carboxylic acids is 1. The molecule has 0 atom stereocenters. The quantitative estimate of drug-likeness (QED) is 0.643. The Labute approximate surface area is 77.0 Å². The zero-order valence-electron chi connectivity index (χ0n) is 6.95. The van der Waals surface area contributed by atoms with Crippen LogP contribution in [0.3, 0.4) is 0 Å². The molecular formula is C6H8F3NO4. The van der Waals surface area contributed by atoms with Crippen LogP contribution >= 0.6 is 0 Å². The molecule has 0 radical (unpaired) electrons. The number of carboxylic acids is 1. The van der Waals surface area contributed by atoms with E-state index in [1.807, 2.05) is 0 Å². The van der Waals surface area contributed by atoms with Crippen LogP contribution in [0.25, 0.3) is 0 Å². The highest BCUT2D eigenvalue weighted by Gasteiger charge is 2.38. The standard InChI is InChI=1S/C4H7NO2.C2HF3O2/c6-4-5-2-1-3-7-5;3-2(4,5)1(6)7/h4H,1-3H2;(H,6,7). The smallest absolute Gasteiger partial charge is 0.475 e. The van der Waals surface area contributed by atoms with Gasteiger partial charge in [0.1, 0.15) is 0 Å². The van der Waals surface area contributed by atoms with Gasteiger partial charge < -0.3 is 5.11 Å². The van der Waals surface area contributed by atoms with Crippen molar-refractivity contribution in [1.29, 1.82) is 0 Å². The molecule has 0 aliphatic carbocycles. The number of hydrogen-bond acceptors (Lipinski definition) is 3. The summed E-state index contributed by atoms with van der Waals surface area (Å²) in [7, 11) is 0. The second-order valence-corrected chi connectivity index (χ2v) is 2.24. The van der Waals surface area contributed by atoms with Crippen LogP contribution in [0.2, 0.25) is 0 Å². The van der Waals surface area contributed by atoms with Crippen molar-refractivity contribution in [2.75, 3.05) is 13.2 Å². The molecule has 0 unspecified atom stereocenters. The summed E-state index contributed by atoms with van der Waals surface area (Å²) < 4.78 is 31.7. The summed E-state index contributed by atoms with van der Waals surface area (Å²) in [5, 5.41) is 8.43. The SMILES string of the molecule is O=C(O)C(F)(F)F.O=CN1CCCO1. The third-order valence-corrected chi connectivity index (χ3v) is 1.14. The summed E-state index contributed by atoms with van der Waals surface area (Å²) in [6.07, 6.45) is -3.41. The zero-order chi connectivity index (χ0) is 11.2. The lowest BCUT2D eigenvalue weighted by Crippen LogP contribution is -2.21. The lowest BCUT2D eigenvalue weighted by molar-refractivity contribution is -0.192. The van der Waals surface area contributed by atoms with Gasteiger partial charge in [0, 0.05) is 0 Å². The molecule has 1 N–H and O–H groups in total. The molecule has 0 aromatic heterocycles. The fourth-order valence-corrected chi connectivity index (χ4v) is 0.550. The van der Waals surface area contributed by atoms with Crippen molar-refractivity contribution in [2.45, 2.75) is 12.6 Å². The van der Waals surface area contributed by atoms with Gasteiger partial charge in [0.2, 0.25) is 6.41 Å². The van der Waals surface area contributed by atoms with E-state index in [9.17, 15) is 18.0 Å². The number of alkyl halides is 3. The van der Waals surface area contributed by atoms with E-state index < -0.39 is 12.1 Å². The van der Waals surface area contributed by atoms with Crippen LogP contribution in [0.1, 0.15) is 6.42 Å². The monoisotopic (exact) mass is 215 g/mol. The largest absolute Gasteiger partial charge is 0.490 e. The first-order chi connectivity index (χ1) is 6.38. The molecule has 5 nitrogen and oxygen atoms in total. The van der Waals surface area contributed by atoms with Gasteiger partial charge in [0.15, 0.2) is 0 Å². The summed E-state index contributed by atoms with van der Waals surface area (Å²) in [4.78, 5) is 23.5. The maximum absolute atomic E-state index is 10.6. The third kappa shape index (κ3) is 5.36. The van der Waals surface area contributed by atoms with Crippen molar-refractivity contribution >= 4 is 12.4 Å². The van der Waals surface area contributed by atoms with Crippen LogP contribution < -0.4 is 0 Å². The average molecular weight is 215 g/mol. The van der Waals surface area contributed by atoms with Gasteiger partial charge in [-0.3, -0.25) is 9.63 Å². The van der Waals surface area contributed by atoms with Gasteiger partial charge in [0.05, 0.1) is 13.2 Å². The fourth-order valence-electron chi connectivity index (χ4n) is 0.550. The van der Waals surface area contributed by atoms with Crippen molar-refractivity contribution in [3.8, 4) is 0 Å². The van der Waals surface area contributed by atoms with E-state index in [1.54, 1.807) is 0 Å². The Morgan fingerprint density at radius 1 is 1.50 bits per heavy atom. The minimum Gasteiger partial charge on any atom is -0.475 e. The Bertz CT molecular complexity index is 200. The van der Waals surface area contributed by atoms with Gasteiger partial charge in [-0.2, -0.15) is 13.2 Å². The topological polar surface area (TPSA) is 66.8 Å². The van der Waals surface area contributed by atoms with E-state index in [4.69, 9.17) is 14.7 Å². The fraction of sp³-hybridized carbons (Fsp3) is 0.667. The normalized spacial score (nSPS) is 15.8. The average Bonchev–Trinajstić information content (AvgIpc) is 2.54. The number of hydrogen-bond donors (Lipinski definition) is 1. The Balaban J connectivity index is 0.000000241. The molecule has 1 aliphatic rings. The Hall–Kier alpha value is -1.31. The van der Waals surface area contributed by atoms with E-state index in [0.29, 0.717) is 13.0 Å². The summed E-state index contributed by atoms with van der Waals surface area (Å²) >= 11 is 0. The lowest BCUT2D eigenvalue weighted by atomic mass is 10.5. The summed E-state index contributed by atoms with van der Waals surface area (Å²) in [5.74, 6) is -2.76. The number of hydroxylamine groups is 2. The lowest BCUT2D eigenvalue weighted by Gasteiger charge is -2.02. The summed E-state index contributed by atoms with van der Waals surface area (Å²) in [6.45, 7) is 1.45. The maximum atomic E-state index is 10.6. The molecule has 1 saturated heterocycles. The number of amides is 1. The van der Waals surface area contributed by atoms with Crippen LogP contribution in [0.15, 0.2) is 0 Å². The number of carbonyl (C=O) groups is 2. The highest BCUT2D eigenvalue weighted by atomic mass is 19.4. The molecule has 1 aliphatic heterocycles. The van der Waals surface area contributed by atoms with E-state index >= 15 is 0 Å². The molecule has 1 amide bonds. The number of rotatable bonds is 1. The second-order valence-electron chi connectivity index (χ2n) is 2.24. The zero-order valence-corrected chi connectivity index (χ0v) is 6.95. The molecule has 0 spiro atoms. The predicted molar refractivity (Wildman–Crippen MR) is 37.0 cm³/mol. The predicted octanol–water partition coefficient (Wildman–Crippen LogP) is 0.413. The first kappa shape index (κ1) is 12.7. The molecule has 1 fully saturated rings. The van der Waals surface area contributed by atoms with Crippen LogP contribution in [-0.4, -0.2) is 41.9 Å². The van der Waals surface area contributed by atoms with Gasteiger partial charge in [-0.15, -0.1) is 0 Å². The molecule has 0 saturated carbocycles. The summed E-state index contributed by atoms with van der Waals surface area (Å²) in [5.41, 5.74) is 0. The molecule has 0 aromatic rings. The molecular weight excluding hydrogens is 207 g/mol. The van der Waals surface area contributed by atoms with Crippen LogP contribution in [0.5, 0.6) is 0 Å². The molecule has 8 heteroatoms. The molecule has 1 heterocycles. The molecule has 0 bridgehead atoms. The third-order valence-electron chi connectivity index (χ3n) is 1.14. The van der Waals surface area contributed by atoms with Crippen LogP contribution in [0.4, 0.5) is 13.2 Å². The number of halogens is 3. The van der Waals surface area contributed by atoms with E-state index in [1.165, 1.54) is 5.06 Å². The van der Waals surface area contributed by atoms with Crippen LogP contribution in [-0.2, 0) is 14.4 Å². The van der Waals surface area contributed by atoms with Crippen molar-refractivity contribution in [1.82, 2.24) is 5.06 Å². The first-order valence-corrected chi connectivity index (χ1v) is 3.53. The van der Waals surface area contributed by atoms with Gasteiger partial charge in [0.25, 0.3) is 0 Å². The van der Waals surface area contributed by atoms with Gasteiger partial charge in [-0.1, -0.05) is 0 Å². The second kappa shape index (κ2) is 5.43. The van der Waals surface area contributed by atoms with E-state index in [0.717, 1.165) is 13.0 Å². The van der Waals surface area contributed by atoms with Crippen molar-refractivity contribution in [2.24, 2.45) is 0 Å². The number of aliphatic carboxylic acids is 1. The molecule has 82 valence electrons. The van der Waals surface area contributed by atoms with Crippen LogP contribution in [0, 0.1) is 0 Å². The molecule has 14 heavy (non-hydrogen) atoms. The van der Waals surface area contributed by atoms with Gasteiger partial charge in [-0.05, 0) is 6.42 Å². The highest BCUT2D eigenvalue weighted by molar-refractivity contribution is 5.73. The molecule has 1 rings (SSSR count). The maximum Gasteiger partial charge on any atom is 0.490 e. The Morgan fingerprint density at radius 2 is 2.00 bits per heavy atom.